The predicted molar refractivity (Wildman–Crippen MR) is 87.3 cm³/mol. The molecule has 0 bridgehead atoms. The van der Waals surface area contributed by atoms with Gasteiger partial charge in [-0.1, -0.05) is 20.8 Å². The van der Waals surface area contributed by atoms with Crippen molar-refractivity contribution in [3.63, 3.8) is 0 Å². The van der Waals surface area contributed by atoms with Gasteiger partial charge in [-0.05, 0) is 79.4 Å². The van der Waals surface area contributed by atoms with Crippen molar-refractivity contribution in [2.45, 2.75) is 78.2 Å². The van der Waals surface area contributed by atoms with Crippen LogP contribution >= 0.6 is 0 Å². The zero-order valence-corrected chi connectivity index (χ0v) is 14.5. The lowest BCUT2D eigenvalue weighted by Gasteiger charge is -2.60. The normalized spacial score (nSPS) is 57.9. The molecule has 2 heteroatoms. The van der Waals surface area contributed by atoms with Crippen LogP contribution in [0.5, 0.6) is 0 Å². The Balaban J connectivity index is 1.65. The molecule has 4 fully saturated rings. The summed E-state index contributed by atoms with van der Waals surface area (Å²) < 4.78 is 0. The number of ketones is 1. The lowest BCUT2D eigenvalue weighted by molar-refractivity contribution is -0.148. The molecule has 0 radical (unpaired) electrons. The number of carbonyl (C=O) groups is 1. The van der Waals surface area contributed by atoms with E-state index in [0.29, 0.717) is 17.1 Å². The molecule has 4 aliphatic rings. The van der Waals surface area contributed by atoms with E-state index in [1.807, 2.05) is 0 Å². The van der Waals surface area contributed by atoms with Crippen LogP contribution < -0.4 is 0 Å². The molecule has 0 aromatic carbocycles. The largest absolute Gasteiger partial charge is 0.393 e. The Morgan fingerprint density at radius 2 is 1.73 bits per heavy atom. The highest BCUT2D eigenvalue weighted by atomic mass is 16.3. The molecular formula is C20H32O2. The van der Waals surface area contributed by atoms with E-state index in [2.05, 4.69) is 20.8 Å². The third-order valence-electron chi connectivity index (χ3n) is 8.76. The zero-order valence-electron chi connectivity index (χ0n) is 14.5. The highest BCUT2D eigenvalue weighted by Crippen LogP contribution is 2.66. The predicted octanol–water partition coefficient (Wildman–Crippen LogP) is 4.21. The fraction of sp³-hybridized carbons (Fsp3) is 0.950. The van der Waals surface area contributed by atoms with E-state index >= 15 is 0 Å². The van der Waals surface area contributed by atoms with E-state index in [1.165, 1.54) is 32.1 Å². The third-order valence-corrected chi connectivity index (χ3v) is 8.76. The summed E-state index contributed by atoms with van der Waals surface area (Å²) in [6.07, 6.45) is 9.16. The van der Waals surface area contributed by atoms with Crippen molar-refractivity contribution in [2.24, 2.45) is 40.4 Å². The molecule has 4 aliphatic carbocycles. The average Bonchev–Trinajstić information content (AvgIpc) is 2.77. The molecule has 0 aromatic rings. The van der Waals surface area contributed by atoms with Crippen LogP contribution in [0.3, 0.4) is 0 Å². The molecule has 124 valence electrons. The topological polar surface area (TPSA) is 37.3 Å². The van der Waals surface area contributed by atoms with Gasteiger partial charge in [-0.2, -0.15) is 0 Å². The van der Waals surface area contributed by atoms with Gasteiger partial charge in [-0.15, -0.1) is 0 Å². The standard InChI is InChI=1S/C20H32O2/c1-12-11-20(3)13(10-17(12)21)4-5-14-15-6-7-18(22)19(15,2)9-8-16(14)20/h12-16,18,22H,4-11H2,1-3H3/t12?,13?,14-,15-,16+,18?,19-,20-/m0/s1. The molecular weight excluding hydrogens is 272 g/mol. The van der Waals surface area contributed by atoms with Crippen LogP contribution in [0, 0.1) is 40.4 Å². The monoisotopic (exact) mass is 304 g/mol. The van der Waals surface area contributed by atoms with Crippen LogP contribution in [0.1, 0.15) is 72.1 Å². The van der Waals surface area contributed by atoms with Crippen molar-refractivity contribution in [1.82, 2.24) is 0 Å². The molecule has 0 aliphatic heterocycles. The Bertz CT molecular complexity index is 486. The number of aliphatic hydroxyl groups is 1. The summed E-state index contributed by atoms with van der Waals surface area (Å²) in [6.45, 7) is 7.01. The van der Waals surface area contributed by atoms with E-state index in [9.17, 15) is 9.90 Å². The van der Waals surface area contributed by atoms with Crippen molar-refractivity contribution < 1.29 is 9.90 Å². The van der Waals surface area contributed by atoms with Crippen LogP contribution in [0.25, 0.3) is 0 Å². The summed E-state index contributed by atoms with van der Waals surface area (Å²) in [6, 6.07) is 0. The van der Waals surface area contributed by atoms with Gasteiger partial charge < -0.3 is 5.11 Å². The van der Waals surface area contributed by atoms with Gasteiger partial charge in [0.05, 0.1) is 6.10 Å². The van der Waals surface area contributed by atoms with Gasteiger partial charge in [0.1, 0.15) is 5.78 Å². The Morgan fingerprint density at radius 3 is 2.50 bits per heavy atom. The van der Waals surface area contributed by atoms with Crippen molar-refractivity contribution in [1.29, 1.82) is 0 Å². The van der Waals surface area contributed by atoms with E-state index in [1.54, 1.807) is 0 Å². The summed E-state index contributed by atoms with van der Waals surface area (Å²) >= 11 is 0. The molecule has 0 heterocycles. The summed E-state index contributed by atoms with van der Waals surface area (Å²) in [4.78, 5) is 12.2. The maximum atomic E-state index is 12.2. The SMILES string of the molecule is CC1C[C@@]2(C)C(CC[C@@H]3[C@H]2CC[C@]2(C)C(O)CC[C@@H]32)CC1=O. The fourth-order valence-corrected chi connectivity index (χ4v) is 7.38. The van der Waals surface area contributed by atoms with Crippen LogP contribution in [-0.2, 0) is 4.79 Å². The van der Waals surface area contributed by atoms with E-state index in [-0.39, 0.29) is 17.4 Å². The Hall–Kier alpha value is -0.370. The van der Waals surface area contributed by atoms with Crippen LogP contribution in [-0.4, -0.2) is 17.0 Å². The minimum Gasteiger partial charge on any atom is -0.393 e. The highest BCUT2D eigenvalue weighted by Gasteiger charge is 2.60. The fourth-order valence-electron chi connectivity index (χ4n) is 7.38. The van der Waals surface area contributed by atoms with Gasteiger partial charge >= 0.3 is 0 Å². The van der Waals surface area contributed by atoms with E-state index in [4.69, 9.17) is 0 Å². The van der Waals surface area contributed by atoms with Gasteiger partial charge in [-0.25, -0.2) is 0 Å². The van der Waals surface area contributed by atoms with Crippen LogP contribution in [0.15, 0.2) is 0 Å². The molecule has 8 atom stereocenters. The van der Waals surface area contributed by atoms with Crippen molar-refractivity contribution >= 4 is 5.78 Å². The first-order chi connectivity index (χ1) is 10.4. The van der Waals surface area contributed by atoms with E-state index < -0.39 is 0 Å². The van der Waals surface area contributed by atoms with Gasteiger partial charge in [0.2, 0.25) is 0 Å². The Labute approximate surface area is 135 Å². The molecule has 0 amide bonds. The summed E-state index contributed by atoms with van der Waals surface area (Å²) in [5.74, 6) is 3.74. The van der Waals surface area contributed by atoms with Crippen LogP contribution in [0.2, 0.25) is 0 Å². The number of hydrogen-bond acceptors (Lipinski definition) is 2. The molecule has 1 N–H and O–H groups in total. The maximum Gasteiger partial charge on any atom is 0.136 e. The quantitative estimate of drug-likeness (QED) is 0.728. The molecule has 3 unspecified atom stereocenters. The van der Waals surface area contributed by atoms with Crippen molar-refractivity contribution in [2.75, 3.05) is 0 Å². The molecule has 2 nitrogen and oxygen atoms in total. The molecule has 0 spiro atoms. The summed E-state index contributed by atoms with van der Waals surface area (Å²) in [7, 11) is 0. The highest BCUT2D eigenvalue weighted by molar-refractivity contribution is 5.82. The lowest BCUT2D eigenvalue weighted by atomic mass is 9.44. The minimum atomic E-state index is -0.0733. The average molecular weight is 304 g/mol. The number of rotatable bonds is 0. The second-order valence-corrected chi connectivity index (χ2v) is 9.57. The van der Waals surface area contributed by atoms with Crippen molar-refractivity contribution in [3.05, 3.63) is 0 Å². The minimum absolute atomic E-state index is 0.0733. The molecule has 22 heavy (non-hydrogen) atoms. The van der Waals surface area contributed by atoms with Gasteiger partial charge in [-0.3, -0.25) is 4.79 Å². The molecule has 0 aromatic heterocycles. The van der Waals surface area contributed by atoms with E-state index in [0.717, 1.165) is 37.0 Å². The Morgan fingerprint density at radius 1 is 1.00 bits per heavy atom. The Kier molecular flexibility index (Phi) is 3.32. The van der Waals surface area contributed by atoms with Crippen LogP contribution in [0.4, 0.5) is 0 Å². The molecule has 4 saturated carbocycles. The first-order valence-corrected chi connectivity index (χ1v) is 9.57. The first-order valence-electron chi connectivity index (χ1n) is 9.57. The number of carbonyl (C=O) groups excluding carboxylic acids is 1. The maximum absolute atomic E-state index is 12.2. The summed E-state index contributed by atoms with van der Waals surface area (Å²) in [5, 5.41) is 10.5. The second kappa shape index (κ2) is 4.82. The molecule has 0 saturated heterocycles. The zero-order chi connectivity index (χ0) is 15.7. The molecule has 4 rings (SSSR count). The van der Waals surface area contributed by atoms with Gasteiger partial charge in [0.15, 0.2) is 0 Å². The number of fused-ring (bicyclic) bond motifs is 5. The third kappa shape index (κ3) is 1.85. The lowest BCUT2D eigenvalue weighted by Crippen LogP contribution is -2.55. The second-order valence-electron chi connectivity index (χ2n) is 9.57. The number of Topliss-reactive ketones (excluding diaryl/α,β-unsaturated/α-hetero) is 1. The van der Waals surface area contributed by atoms with Gasteiger partial charge in [0.25, 0.3) is 0 Å². The summed E-state index contributed by atoms with van der Waals surface area (Å²) in [5.41, 5.74) is 0.561. The number of aliphatic hydroxyl groups excluding tert-OH is 1. The smallest absolute Gasteiger partial charge is 0.136 e. The van der Waals surface area contributed by atoms with Gasteiger partial charge in [0, 0.05) is 12.3 Å². The first kappa shape index (κ1) is 15.2. The number of hydrogen-bond donors (Lipinski definition) is 1. The van der Waals surface area contributed by atoms with Crippen molar-refractivity contribution in [3.8, 4) is 0 Å².